The molecule has 2 aromatic heterocycles. The fourth-order valence-corrected chi connectivity index (χ4v) is 1.36. The van der Waals surface area contributed by atoms with Crippen LogP contribution in [0.2, 0.25) is 0 Å². The summed E-state index contributed by atoms with van der Waals surface area (Å²) in [6.07, 6.45) is 3.09. The SMILES string of the molecule is Cc1c(NN)ncnc1NCc1ccco1. The normalized spacial score (nSPS) is 10.1. The van der Waals surface area contributed by atoms with Crippen molar-refractivity contribution in [1.29, 1.82) is 0 Å². The molecule has 2 rings (SSSR count). The Hall–Kier alpha value is -2.08. The van der Waals surface area contributed by atoms with E-state index in [1.807, 2.05) is 19.1 Å². The van der Waals surface area contributed by atoms with Gasteiger partial charge in [-0.2, -0.15) is 0 Å². The molecule has 2 aromatic rings. The van der Waals surface area contributed by atoms with Crippen molar-refractivity contribution in [3.8, 4) is 0 Å². The zero-order chi connectivity index (χ0) is 11.4. The van der Waals surface area contributed by atoms with E-state index in [1.165, 1.54) is 6.33 Å². The standard InChI is InChI=1S/C10H13N5O/c1-7-9(13-6-14-10(7)15-11)12-5-8-3-2-4-16-8/h2-4,6H,5,11H2,1H3,(H2,12,13,14,15). The Labute approximate surface area is 92.9 Å². The smallest absolute Gasteiger partial charge is 0.148 e. The Bertz CT molecular complexity index is 454. The van der Waals surface area contributed by atoms with Crippen LogP contribution in [0, 0.1) is 6.92 Å². The van der Waals surface area contributed by atoms with Crippen LogP contribution in [0.1, 0.15) is 11.3 Å². The summed E-state index contributed by atoms with van der Waals surface area (Å²) in [5, 5.41) is 3.15. The van der Waals surface area contributed by atoms with Gasteiger partial charge in [-0.05, 0) is 19.1 Å². The van der Waals surface area contributed by atoms with Gasteiger partial charge < -0.3 is 15.2 Å². The van der Waals surface area contributed by atoms with Crippen molar-refractivity contribution < 1.29 is 4.42 Å². The Kier molecular flexibility index (Phi) is 3.02. The monoisotopic (exact) mass is 219 g/mol. The molecule has 0 bridgehead atoms. The molecule has 6 heteroatoms. The maximum Gasteiger partial charge on any atom is 0.148 e. The van der Waals surface area contributed by atoms with Crippen LogP contribution in [-0.4, -0.2) is 9.97 Å². The van der Waals surface area contributed by atoms with Gasteiger partial charge in [-0.3, -0.25) is 0 Å². The molecule has 0 saturated heterocycles. The molecule has 16 heavy (non-hydrogen) atoms. The van der Waals surface area contributed by atoms with Crippen molar-refractivity contribution in [2.24, 2.45) is 5.84 Å². The third-order valence-corrected chi connectivity index (χ3v) is 2.23. The maximum atomic E-state index is 5.32. The van der Waals surface area contributed by atoms with Crippen molar-refractivity contribution >= 4 is 11.6 Å². The molecule has 0 aliphatic carbocycles. The van der Waals surface area contributed by atoms with Gasteiger partial charge in [0.15, 0.2) is 0 Å². The second kappa shape index (κ2) is 4.63. The van der Waals surface area contributed by atoms with Gasteiger partial charge in [-0.25, -0.2) is 15.8 Å². The predicted molar refractivity (Wildman–Crippen MR) is 60.6 cm³/mol. The number of nitrogens with one attached hydrogen (secondary N) is 2. The van der Waals surface area contributed by atoms with Crippen LogP contribution in [0.25, 0.3) is 0 Å². The average Bonchev–Trinajstić information content (AvgIpc) is 2.81. The number of nitrogens with zero attached hydrogens (tertiary/aromatic N) is 2. The van der Waals surface area contributed by atoms with E-state index < -0.39 is 0 Å². The molecule has 0 unspecified atom stereocenters. The molecule has 0 amide bonds. The first-order chi connectivity index (χ1) is 7.81. The van der Waals surface area contributed by atoms with Gasteiger partial charge in [0.1, 0.15) is 23.7 Å². The molecule has 0 aliphatic heterocycles. The lowest BCUT2D eigenvalue weighted by molar-refractivity contribution is 0.517. The topological polar surface area (TPSA) is 89.0 Å². The molecule has 2 heterocycles. The molecular formula is C10H13N5O. The Morgan fingerprint density at radius 1 is 1.38 bits per heavy atom. The molecule has 0 spiro atoms. The second-order valence-corrected chi connectivity index (χ2v) is 3.27. The summed E-state index contributed by atoms with van der Waals surface area (Å²) in [6, 6.07) is 3.74. The second-order valence-electron chi connectivity index (χ2n) is 3.27. The molecule has 84 valence electrons. The summed E-state index contributed by atoms with van der Waals surface area (Å²) in [7, 11) is 0. The Morgan fingerprint density at radius 3 is 2.88 bits per heavy atom. The van der Waals surface area contributed by atoms with E-state index >= 15 is 0 Å². The summed E-state index contributed by atoms with van der Waals surface area (Å²) in [5.74, 6) is 7.51. The van der Waals surface area contributed by atoms with Gasteiger partial charge in [-0.15, -0.1) is 0 Å². The molecule has 4 N–H and O–H groups in total. The van der Waals surface area contributed by atoms with Crippen LogP contribution < -0.4 is 16.6 Å². The van der Waals surface area contributed by atoms with Crippen molar-refractivity contribution in [2.45, 2.75) is 13.5 Å². The number of aromatic nitrogens is 2. The van der Waals surface area contributed by atoms with Gasteiger partial charge in [0.05, 0.1) is 12.8 Å². The van der Waals surface area contributed by atoms with Crippen LogP contribution in [-0.2, 0) is 6.54 Å². The lowest BCUT2D eigenvalue weighted by Crippen LogP contribution is -2.12. The van der Waals surface area contributed by atoms with Gasteiger partial charge in [0.2, 0.25) is 0 Å². The highest BCUT2D eigenvalue weighted by Gasteiger charge is 2.05. The first-order valence-electron chi connectivity index (χ1n) is 4.85. The van der Waals surface area contributed by atoms with Crippen molar-refractivity contribution in [3.05, 3.63) is 36.0 Å². The van der Waals surface area contributed by atoms with Crippen LogP contribution >= 0.6 is 0 Å². The van der Waals surface area contributed by atoms with E-state index in [2.05, 4.69) is 20.7 Å². The fourth-order valence-electron chi connectivity index (χ4n) is 1.36. The molecule has 0 saturated carbocycles. The average molecular weight is 219 g/mol. The highest BCUT2D eigenvalue weighted by Crippen LogP contribution is 2.17. The molecule has 0 radical (unpaired) electrons. The highest BCUT2D eigenvalue weighted by atomic mass is 16.3. The lowest BCUT2D eigenvalue weighted by atomic mass is 10.3. The molecular weight excluding hydrogens is 206 g/mol. The molecule has 0 atom stereocenters. The van der Waals surface area contributed by atoms with E-state index in [1.54, 1.807) is 6.26 Å². The van der Waals surface area contributed by atoms with E-state index in [0.29, 0.717) is 12.4 Å². The highest BCUT2D eigenvalue weighted by molar-refractivity contribution is 5.55. The largest absolute Gasteiger partial charge is 0.467 e. The number of rotatable bonds is 4. The summed E-state index contributed by atoms with van der Waals surface area (Å²) >= 11 is 0. The Morgan fingerprint density at radius 2 is 2.19 bits per heavy atom. The number of anilines is 2. The van der Waals surface area contributed by atoms with Gasteiger partial charge in [-0.1, -0.05) is 0 Å². The van der Waals surface area contributed by atoms with Gasteiger partial charge in [0, 0.05) is 5.56 Å². The zero-order valence-corrected chi connectivity index (χ0v) is 8.90. The molecule has 0 aliphatic rings. The third kappa shape index (κ3) is 2.12. The van der Waals surface area contributed by atoms with E-state index in [4.69, 9.17) is 10.3 Å². The minimum Gasteiger partial charge on any atom is -0.467 e. The minimum atomic E-state index is 0.578. The summed E-state index contributed by atoms with van der Waals surface area (Å²) in [6.45, 7) is 2.47. The predicted octanol–water partition coefficient (Wildman–Crippen LogP) is 1.28. The fraction of sp³-hybridized carbons (Fsp3) is 0.200. The van der Waals surface area contributed by atoms with Crippen molar-refractivity contribution in [1.82, 2.24) is 9.97 Å². The first kappa shape index (κ1) is 10.4. The van der Waals surface area contributed by atoms with Gasteiger partial charge >= 0.3 is 0 Å². The summed E-state index contributed by atoms with van der Waals surface area (Å²) in [5.41, 5.74) is 3.39. The minimum absolute atomic E-state index is 0.578. The van der Waals surface area contributed by atoms with Crippen LogP contribution in [0.5, 0.6) is 0 Å². The zero-order valence-electron chi connectivity index (χ0n) is 8.90. The number of hydrazine groups is 1. The lowest BCUT2D eigenvalue weighted by Gasteiger charge is -2.09. The van der Waals surface area contributed by atoms with Crippen molar-refractivity contribution in [2.75, 3.05) is 10.7 Å². The summed E-state index contributed by atoms with van der Waals surface area (Å²) < 4.78 is 5.21. The van der Waals surface area contributed by atoms with Crippen LogP contribution in [0.4, 0.5) is 11.6 Å². The summed E-state index contributed by atoms with van der Waals surface area (Å²) in [4.78, 5) is 8.12. The number of nitrogen functional groups attached to an aromatic ring is 1. The third-order valence-electron chi connectivity index (χ3n) is 2.23. The molecule has 6 nitrogen and oxygen atoms in total. The Balaban J connectivity index is 2.09. The quantitative estimate of drug-likeness (QED) is 0.530. The van der Waals surface area contributed by atoms with E-state index in [0.717, 1.165) is 17.1 Å². The van der Waals surface area contributed by atoms with Gasteiger partial charge in [0.25, 0.3) is 0 Å². The van der Waals surface area contributed by atoms with E-state index in [9.17, 15) is 0 Å². The molecule has 0 aromatic carbocycles. The number of furan rings is 1. The van der Waals surface area contributed by atoms with Crippen LogP contribution in [0.15, 0.2) is 29.1 Å². The van der Waals surface area contributed by atoms with Crippen LogP contribution in [0.3, 0.4) is 0 Å². The number of hydrogen-bond acceptors (Lipinski definition) is 6. The maximum absolute atomic E-state index is 5.32. The molecule has 0 fully saturated rings. The number of hydrogen-bond donors (Lipinski definition) is 3. The first-order valence-corrected chi connectivity index (χ1v) is 4.85. The number of nitrogens with two attached hydrogens (primary N) is 1. The van der Waals surface area contributed by atoms with Crippen molar-refractivity contribution in [3.63, 3.8) is 0 Å². The van der Waals surface area contributed by atoms with E-state index in [-0.39, 0.29) is 0 Å².